The number of amides is 2. The lowest BCUT2D eigenvalue weighted by Gasteiger charge is -2.35. The Bertz CT molecular complexity index is 281. The van der Waals surface area contributed by atoms with Crippen LogP contribution in [0.4, 0.5) is 4.79 Å². The lowest BCUT2D eigenvalue weighted by Crippen LogP contribution is -2.49. The Morgan fingerprint density at radius 1 is 1.39 bits per heavy atom. The molecule has 2 amide bonds. The second kappa shape index (κ2) is 7.95. The summed E-state index contributed by atoms with van der Waals surface area (Å²) in [6, 6.07) is 0.0648. The number of piperidine rings is 1. The third-order valence-electron chi connectivity index (χ3n) is 3.39. The Labute approximate surface area is 109 Å². The molecular formula is C13H24N2O3. The number of urea groups is 1. The van der Waals surface area contributed by atoms with Gasteiger partial charge in [0.2, 0.25) is 0 Å². The van der Waals surface area contributed by atoms with Gasteiger partial charge in [0.1, 0.15) is 0 Å². The standard InChI is InChI=1S/C13H24N2O3/c1-2-3-9-14-13(18)15-10-5-4-6-11(15)7-8-12(16)17/h11H,2-10H2,1H3,(H,14,18)(H,16,17). The summed E-state index contributed by atoms with van der Waals surface area (Å²) in [4.78, 5) is 24.4. The molecule has 18 heavy (non-hydrogen) atoms. The van der Waals surface area contributed by atoms with Crippen molar-refractivity contribution in [2.24, 2.45) is 0 Å². The number of likely N-dealkylation sites (tertiary alicyclic amines) is 1. The van der Waals surface area contributed by atoms with Crippen molar-refractivity contribution < 1.29 is 14.7 Å². The maximum absolute atomic E-state index is 12.0. The van der Waals surface area contributed by atoms with E-state index in [9.17, 15) is 9.59 Å². The van der Waals surface area contributed by atoms with E-state index < -0.39 is 5.97 Å². The smallest absolute Gasteiger partial charge is 0.317 e. The highest BCUT2D eigenvalue weighted by Gasteiger charge is 2.26. The zero-order chi connectivity index (χ0) is 13.4. The summed E-state index contributed by atoms with van der Waals surface area (Å²) in [5.74, 6) is -0.785. The van der Waals surface area contributed by atoms with Crippen molar-refractivity contribution >= 4 is 12.0 Å². The third kappa shape index (κ3) is 4.94. The molecule has 0 aromatic carbocycles. The first kappa shape index (κ1) is 14.8. The Hall–Kier alpha value is -1.26. The number of rotatable bonds is 6. The van der Waals surface area contributed by atoms with Gasteiger partial charge in [-0.25, -0.2) is 4.79 Å². The quantitative estimate of drug-likeness (QED) is 0.716. The summed E-state index contributed by atoms with van der Waals surface area (Å²) in [7, 11) is 0. The van der Waals surface area contributed by atoms with Crippen LogP contribution in [-0.2, 0) is 4.79 Å². The maximum Gasteiger partial charge on any atom is 0.317 e. The minimum absolute atomic E-state index is 0.0291. The number of aliphatic carboxylic acids is 1. The first-order valence-electron chi connectivity index (χ1n) is 6.91. The van der Waals surface area contributed by atoms with Gasteiger partial charge in [-0.05, 0) is 32.1 Å². The number of hydrogen-bond acceptors (Lipinski definition) is 2. The van der Waals surface area contributed by atoms with Gasteiger partial charge in [0.05, 0.1) is 0 Å². The molecule has 0 spiro atoms. The predicted octanol–water partition coefficient (Wildman–Crippen LogP) is 2.22. The number of carboxylic acids is 1. The molecule has 0 aromatic heterocycles. The molecule has 1 heterocycles. The van der Waals surface area contributed by atoms with E-state index in [0.29, 0.717) is 13.0 Å². The molecule has 5 heteroatoms. The van der Waals surface area contributed by atoms with Crippen molar-refractivity contribution in [3.05, 3.63) is 0 Å². The summed E-state index contributed by atoms with van der Waals surface area (Å²) in [6.07, 6.45) is 5.78. The van der Waals surface area contributed by atoms with Gasteiger partial charge in [0.25, 0.3) is 0 Å². The highest BCUT2D eigenvalue weighted by Crippen LogP contribution is 2.20. The van der Waals surface area contributed by atoms with E-state index in [2.05, 4.69) is 12.2 Å². The topological polar surface area (TPSA) is 69.6 Å². The van der Waals surface area contributed by atoms with Crippen molar-refractivity contribution in [3.63, 3.8) is 0 Å². The lowest BCUT2D eigenvalue weighted by molar-refractivity contribution is -0.137. The molecule has 0 radical (unpaired) electrons. The van der Waals surface area contributed by atoms with Crippen LogP contribution in [0.15, 0.2) is 0 Å². The van der Waals surface area contributed by atoms with E-state index in [1.54, 1.807) is 0 Å². The van der Waals surface area contributed by atoms with Crippen molar-refractivity contribution in [3.8, 4) is 0 Å². The minimum atomic E-state index is -0.785. The lowest BCUT2D eigenvalue weighted by atomic mass is 9.98. The second-order valence-electron chi connectivity index (χ2n) is 4.86. The molecular weight excluding hydrogens is 232 g/mol. The zero-order valence-corrected chi connectivity index (χ0v) is 11.2. The molecule has 5 nitrogen and oxygen atoms in total. The fraction of sp³-hybridized carbons (Fsp3) is 0.846. The summed E-state index contributed by atoms with van der Waals surface area (Å²) in [5.41, 5.74) is 0. The molecule has 1 aliphatic rings. The number of nitrogens with one attached hydrogen (secondary N) is 1. The molecule has 0 aliphatic carbocycles. The Kier molecular flexibility index (Phi) is 6.54. The van der Waals surface area contributed by atoms with Gasteiger partial charge in [-0.1, -0.05) is 13.3 Å². The number of carboxylic acid groups (broad SMARTS) is 1. The summed E-state index contributed by atoms with van der Waals surface area (Å²) in [5, 5.41) is 11.6. The van der Waals surface area contributed by atoms with Gasteiger partial charge in [-0.15, -0.1) is 0 Å². The average molecular weight is 256 g/mol. The number of nitrogens with zero attached hydrogens (tertiary/aromatic N) is 1. The Morgan fingerprint density at radius 2 is 2.17 bits per heavy atom. The molecule has 0 saturated carbocycles. The fourth-order valence-electron chi connectivity index (χ4n) is 2.33. The number of hydrogen-bond donors (Lipinski definition) is 2. The van der Waals surface area contributed by atoms with E-state index in [1.165, 1.54) is 0 Å². The summed E-state index contributed by atoms with van der Waals surface area (Å²) >= 11 is 0. The van der Waals surface area contributed by atoms with Gasteiger partial charge in [0.15, 0.2) is 0 Å². The fourth-order valence-corrected chi connectivity index (χ4v) is 2.33. The first-order valence-corrected chi connectivity index (χ1v) is 6.91. The van der Waals surface area contributed by atoms with Gasteiger partial charge in [-0.2, -0.15) is 0 Å². The molecule has 1 atom stereocenters. The Balaban J connectivity index is 2.42. The van der Waals surface area contributed by atoms with E-state index in [1.807, 2.05) is 4.90 Å². The molecule has 1 saturated heterocycles. The van der Waals surface area contributed by atoms with Crippen LogP contribution in [-0.4, -0.2) is 41.1 Å². The van der Waals surface area contributed by atoms with Gasteiger partial charge >= 0.3 is 12.0 Å². The molecule has 1 unspecified atom stereocenters. The van der Waals surface area contributed by atoms with Crippen LogP contribution in [0.25, 0.3) is 0 Å². The number of carbonyl (C=O) groups excluding carboxylic acids is 1. The van der Waals surface area contributed by atoms with Crippen LogP contribution in [0.1, 0.15) is 51.9 Å². The minimum Gasteiger partial charge on any atom is -0.481 e. The van der Waals surface area contributed by atoms with Gasteiger partial charge in [0, 0.05) is 25.6 Å². The molecule has 104 valence electrons. The SMILES string of the molecule is CCCCNC(=O)N1CCCCC1CCC(=O)O. The van der Waals surface area contributed by atoms with Crippen molar-refractivity contribution in [2.45, 2.75) is 57.9 Å². The molecule has 1 fully saturated rings. The highest BCUT2D eigenvalue weighted by molar-refractivity contribution is 5.74. The predicted molar refractivity (Wildman–Crippen MR) is 69.5 cm³/mol. The number of unbranched alkanes of at least 4 members (excludes halogenated alkanes) is 1. The zero-order valence-electron chi connectivity index (χ0n) is 11.2. The van der Waals surface area contributed by atoms with Crippen LogP contribution in [0, 0.1) is 0 Å². The molecule has 1 aliphatic heterocycles. The molecule has 0 bridgehead atoms. The molecule has 0 aromatic rings. The van der Waals surface area contributed by atoms with Crippen molar-refractivity contribution in [1.29, 1.82) is 0 Å². The van der Waals surface area contributed by atoms with E-state index in [0.717, 1.165) is 38.6 Å². The third-order valence-corrected chi connectivity index (χ3v) is 3.39. The normalized spacial score (nSPS) is 19.6. The highest BCUT2D eigenvalue weighted by atomic mass is 16.4. The van der Waals surface area contributed by atoms with Crippen LogP contribution in [0.5, 0.6) is 0 Å². The molecule has 2 N–H and O–H groups in total. The van der Waals surface area contributed by atoms with Crippen molar-refractivity contribution in [1.82, 2.24) is 10.2 Å². The van der Waals surface area contributed by atoms with E-state index in [4.69, 9.17) is 5.11 Å². The average Bonchev–Trinajstić information content (AvgIpc) is 2.37. The Morgan fingerprint density at radius 3 is 2.83 bits per heavy atom. The van der Waals surface area contributed by atoms with E-state index >= 15 is 0 Å². The van der Waals surface area contributed by atoms with Crippen LogP contribution < -0.4 is 5.32 Å². The summed E-state index contributed by atoms with van der Waals surface area (Å²) in [6.45, 7) is 3.54. The van der Waals surface area contributed by atoms with Crippen LogP contribution >= 0.6 is 0 Å². The molecule has 1 rings (SSSR count). The van der Waals surface area contributed by atoms with Gasteiger partial charge in [-0.3, -0.25) is 4.79 Å². The van der Waals surface area contributed by atoms with Crippen LogP contribution in [0.2, 0.25) is 0 Å². The second-order valence-corrected chi connectivity index (χ2v) is 4.86. The van der Waals surface area contributed by atoms with Crippen LogP contribution in [0.3, 0.4) is 0 Å². The van der Waals surface area contributed by atoms with Crippen molar-refractivity contribution in [2.75, 3.05) is 13.1 Å². The first-order chi connectivity index (χ1) is 8.65. The maximum atomic E-state index is 12.0. The van der Waals surface area contributed by atoms with Gasteiger partial charge < -0.3 is 15.3 Å². The number of carbonyl (C=O) groups is 2. The van der Waals surface area contributed by atoms with E-state index in [-0.39, 0.29) is 18.5 Å². The summed E-state index contributed by atoms with van der Waals surface area (Å²) < 4.78 is 0. The monoisotopic (exact) mass is 256 g/mol. The largest absolute Gasteiger partial charge is 0.481 e.